The molecule has 0 saturated carbocycles. The Bertz CT molecular complexity index is 882. The number of hydrogen-bond donors (Lipinski definition) is 1. The third-order valence-electron chi connectivity index (χ3n) is 3.99. The maximum atomic E-state index is 13.0. The van der Waals surface area contributed by atoms with E-state index < -0.39 is 10.0 Å². The van der Waals surface area contributed by atoms with Crippen molar-refractivity contribution in [2.24, 2.45) is 11.8 Å². The summed E-state index contributed by atoms with van der Waals surface area (Å²) in [7, 11) is -3.61. The molecule has 0 atom stereocenters. The van der Waals surface area contributed by atoms with Crippen LogP contribution in [0.3, 0.4) is 0 Å². The zero-order valence-corrected chi connectivity index (χ0v) is 18.2. The number of sulfonamides is 1. The number of benzene rings is 2. The van der Waals surface area contributed by atoms with Crippen molar-refractivity contribution in [1.29, 1.82) is 0 Å². The van der Waals surface area contributed by atoms with Gasteiger partial charge in [0.1, 0.15) is 0 Å². The van der Waals surface area contributed by atoms with E-state index in [1.54, 1.807) is 24.3 Å². The Morgan fingerprint density at radius 1 is 0.929 bits per heavy atom. The van der Waals surface area contributed by atoms with Gasteiger partial charge in [-0.15, -0.1) is 0 Å². The number of nitrogens with zero attached hydrogens (tertiary/aromatic N) is 1. The lowest BCUT2D eigenvalue weighted by Crippen LogP contribution is -2.37. The van der Waals surface area contributed by atoms with Crippen LogP contribution in [0.2, 0.25) is 5.02 Å². The number of rotatable bonds is 8. The van der Waals surface area contributed by atoms with Gasteiger partial charge in [0.2, 0.25) is 10.0 Å². The summed E-state index contributed by atoms with van der Waals surface area (Å²) in [6, 6.07) is 12.8. The van der Waals surface area contributed by atoms with E-state index >= 15 is 0 Å². The van der Waals surface area contributed by atoms with Gasteiger partial charge >= 0.3 is 0 Å². The van der Waals surface area contributed by atoms with E-state index in [1.807, 2.05) is 27.7 Å². The molecule has 0 unspecified atom stereocenters. The zero-order valence-electron chi connectivity index (χ0n) is 16.6. The van der Waals surface area contributed by atoms with Crippen molar-refractivity contribution in [1.82, 2.24) is 4.31 Å². The highest BCUT2D eigenvalue weighted by Crippen LogP contribution is 2.20. The maximum Gasteiger partial charge on any atom is 0.255 e. The van der Waals surface area contributed by atoms with E-state index in [2.05, 4.69) is 5.32 Å². The normalized spacial score (nSPS) is 12.0. The van der Waals surface area contributed by atoms with Gasteiger partial charge in [0, 0.05) is 29.4 Å². The van der Waals surface area contributed by atoms with Gasteiger partial charge in [0.05, 0.1) is 4.90 Å². The fourth-order valence-corrected chi connectivity index (χ4v) is 4.64. The Balaban J connectivity index is 2.19. The zero-order chi connectivity index (χ0) is 20.9. The summed E-state index contributed by atoms with van der Waals surface area (Å²) in [6.45, 7) is 8.89. The number of carbonyl (C=O) groups excluding carboxylic acids is 1. The summed E-state index contributed by atoms with van der Waals surface area (Å²) in [5.41, 5.74) is 0.999. The molecule has 5 nitrogen and oxygen atoms in total. The lowest BCUT2D eigenvalue weighted by molar-refractivity contribution is 0.102. The number of anilines is 1. The van der Waals surface area contributed by atoms with Crippen LogP contribution in [0.4, 0.5) is 5.69 Å². The topological polar surface area (TPSA) is 66.5 Å². The van der Waals surface area contributed by atoms with Gasteiger partial charge in [-0.05, 0) is 60.4 Å². The molecule has 0 saturated heterocycles. The van der Waals surface area contributed by atoms with Crippen molar-refractivity contribution >= 4 is 33.2 Å². The molecular weight excluding hydrogens is 396 g/mol. The second-order valence-electron chi connectivity index (χ2n) is 7.60. The number of halogens is 1. The average molecular weight is 423 g/mol. The minimum Gasteiger partial charge on any atom is -0.322 e. The predicted octanol–water partition coefficient (Wildman–Crippen LogP) is 4.90. The molecule has 0 spiro atoms. The monoisotopic (exact) mass is 422 g/mol. The number of amides is 1. The molecule has 0 radical (unpaired) electrons. The second kappa shape index (κ2) is 9.54. The largest absolute Gasteiger partial charge is 0.322 e. The predicted molar refractivity (Wildman–Crippen MR) is 114 cm³/mol. The number of nitrogens with one attached hydrogen (secondary N) is 1. The third kappa shape index (κ3) is 6.06. The Morgan fingerprint density at radius 2 is 1.43 bits per heavy atom. The lowest BCUT2D eigenvalue weighted by atomic mass is 10.2. The number of carbonyl (C=O) groups is 1. The Labute approximate surface area is 172 Å². The minimum atomic E-state index is -3.61. The van der Waals surface area contributed by atoms with Gasteiger partial charge in [-0.3, -0.25) is 4.79 Å². The van der Waals surface area contributed by atoms with Crippen molar-refractivity contribution in [2.45, 2.75) is 32.6 Å². The van der Waals surface area contributed by atoms with Gasteiger partial charge in [0.25, 0.3) is 5.91 Å². The Kier molecular flexibility index (Phi) is 7.63. The molecule has 152 valence electrons. The molecule has 0 heterocycles. The molecular formula is C21H27ClN2O3S. The van der Waals surface area contributed by atoms with Crippen LogP contribution >= 0.6 is 11.6 Å². The molecule has 1 amide bonds. The van der Waals surface area contributed by atoms with Gasteiger partial charge in [-0.2, -0.15) is 4.31 Å². The summed E-state index contributed by atoms with van der Waals surface area (Å²) < 4.78 is 27.6. The van der Waals surface area contributed by atoms with Gasteiger partial charge in [0.15, 0.2) is 0 Å². The molecule has 0 fully saturated rings. The standard InChI is InChI=1S/C21H27ClN2O3S/c1-15(2)13-24(14-16(3)4)28(26,27)20-11-5-17(6-12-20)21(25)23-19-9-7-18(22)8-10-19/h5-12,15-16H,13-14H2,1-4H3,(H,23,25). The molecule has 2 rings (SSSR count). The molecule has 0 aliphatic heterocycles. The highest BCUT2D eigenvalue weighted by Gasteiger charge is 2.26. The van der Waals surface area contributed by atoms with Crippen molar-refractivity contribution in [3.63, 3.8) is 0 Å². The van der Waals surface area contributed by atoms with Crippen LogP contribution in [0.1, 0.15) is 38.1 Å². The van der Waals surface area contributed by atoms with Crippen LogP contribution < -0.4 is 5.32 Å². The lowest BCUT2D eigenvalue weighted by Gasteiger charge is -2.25. The minimum absolute atomic E-state index is 0.192. The summed E-state index contributed by atoms with van der Waals surface area (Å²) >= 11 is 5.84. The maximum absolute atomic E-state index is 13.0. The third-order valence-corrected chi connectivity index (χ3v) is 6.09. The first-order valence-electron chi connectivity index (χ1n) is 9.26. The van der Waals surface area contributed by atoms with Crippen LogP contribution in [0.5, 0.6) is 0 Å². The van der Waals surface area contributed by atoms with E-state index in [0.717, 1.165) is 0 Å². The molecule has 7 heteroatoms. The summed E-state index contributed by atoms with van der Waals surface area (Å²) in [5.74, 6) is 0.128. The molecule has 2 aromatic rings. The second-order valence-corrected chi connectivity index (χ2v) is 9.97. The molecule has 2 aromatic carbocycles. The molecule has 1 N–H and O–H groups in total. The van der Waals surface area contributed by atoms with Gasteiger partial charge < -0.3 is 5.32 Å². The van der Waals surface area contributed by atoms with Gasteiger partial charge in [-0.25, -0.2) is 8.42 Å². The van der Waals surface area contributed by atoms with E-state index in [-0.39, 0.29) is 22.6 Å². The fraction of sp³-hybridized carbons (Fsp3) is 0.381. The first kappa shape index (κ1) is 22.4. The SMILES string of the molecule is CC(C)CN(CC(C)C)S(=O)(=O)c1ccc(C(=O)Nc2ccc(Cl)cc2)cc1. The molecule has 28 heavy (non-hydrogen) atoms. The molecule has 0 bridgehead atoms. The quantitative estimate of drug-likeness (QED) is 0.658. The fourth-order valence-electron chi connectivity index (χ4n) is 2.75. The first-order valence-corrected chi connectivity index (χ1v) is 11.1. The van der Waals surface area contributed by atoms with Crippen LogP contribution in [0.15, 0.2) is 53.4 Å². The van der Waals surface area contributed by atoms with Crippen molar-refractivity contribution in [2.75, 3.05) is 18.4 Å². The van der Waals surface area contributed by atoms with E-state index in [4.69, 9.17) is 11.6 Å². The smallest absolute Gasteiger partial charge is 0.255 e. The Hall–Kier alpha value is -1.89. The Morgan fingerprint density at radius 3 is 1.89 bits per heavy atom. The molecule has 0 aliphatic carbocycles. The van der Waals surface area contributed by atoms with Crippen LogP contribution in [-0.2, 0) is 10.0 Å². The van der Waals surface area contributed by atoms with Crippen molar-refractivity contribution < 1.29 is 13.2 Å². The molecule has 0 aromatic heterocycles. The number of hydrogen-bond acceptors (Lipinski definition) is 3. The van der Waals surface area contributed by atoms with Crippen LogP contribution in [-0.4, -0.2) is 31.7 Å². The summed E-state index contributed by atoms with van der Waals surface area (Å²) in [4.78, 5) is 12.6. The molecule has 0 aliphatic rings. The highest BCUT2D eigenvalue weighted by atomic mass is 35.5. The van der Waals surface area contributed by atoms with E-state index in [9.17, 15) is 13.2 Å². The first-order chi connectivity index (χ1) is 13.1. The summed E-state index contributed by atoms with van der Waals surface area (Å²) in [5, 5.41) is 3.34. The highest BCUT2D eigenvalue weighted by molar-refractivity contribution is 7.89. The van der Waals surface area contributed by atoms with Crippen LogP contribution in [0.25, 0.3) is 0 Å². The summed E-state index contributed by atoms with van der Waals surface area (Å²) in [6.07, 6.45) is 0. The van der Waals surface area contributed by atoms with E-state index in [0.29, 0.717) is 29.4 Å². The average Bonchev–Trinajstić information content (AvgIpc) is 2.62. The van der Waals surface area contributed by atoms with E-state index in [1.165, 1.54) is 28.6 Å². The van der Waals surface area contributed by atoms with Gasteiger partial charge in [-0.1, -0.05) is 39.3 Å². The van der Waals surface area contributed by atoms with Crippen LogP contribution in [0, 0.1) is 11.8 Å². The van der Waals surface area contributed by atoms with Crippen molar-refractivity contribution in [3.8, 4) is 0 Å². The van der Waals surface area contributed by atoms with Crippen molar-refractivity contribution in [3.05, 3.63) is 59.1 Å².